The van der Waals surface area contributed by atoms with Crippen LogP contribution in [0.3, 0.4) is 0 Å². The van der Waals surface area contributed by atoms with E-state index in [1.165, 1.54) is 0 Å². The summed E-state index contributed by atoms with van der Waals surface area (Å²) in [6.45, 7) is 4.69. The van der Waals surface area contributed by atoms with E-state index in [9.17, 15) is 0 Å². The molecule has 4 heteroatoms. The third kappa shape index (κ3) is 3.40. The van der Waals surface area contributed by atoms with Gasteiger partial charge in [-0.3, -0.25) is 0 Å². The maximum atomic E-state index is 6.10. The van der Waals surface area contributed by atoms with Crippen molar-refractivity contribution in [1.82, 2.24) is 10.3 Å². The Balaban J connectivity index is 2.46. The molecule has 0 aliphatic heterocycles. The lowest BCUT2D eigenvalue weighted by molar-refractivity contribution is 0.0347. The first-order valence-corrected chi connectivity index (χ1v) is 7.23. The molecule has 0 bridgehead atoms. The molecule has 0 spiro atoms. The summed E-state index contributed by atoms with van der Waals surface area (Å²) in [5.74, 6) is 0.551. The number of likely N-dealkylation sites (N-methyl/N-ethyl adjacent to an activating group) is 1. The van der Waals surface area contributed by atoms with E-state index >= 15 is 0 Å². The van der Waals surface area contributed by atoms with Crippen LogP contribution in [0.2, 0.25) is 0 Å². The molecule has 0 saturated carbocycles. The third-order valence-electron chi connectivity index (χ3n) is 3.64. The number of aryl methyl sites for hydroxylation is 1. The average molecular weight is 285 g/mol. The molecule has 0 fully saturated rings. The Kier molecular flexibility index (Phi) is 5.31. The molecular weight excluding hydrogens is 262 g/mol. The number of hydrogen-bond donors (Lipinski definition) is 2. The lowest BCUT2D eigenvalue weighted by Crippen LogP contribution is -2.27. The summed E-state index contributed by atoms with van der Waals surface area (Å²) in [6, 6.07) is 12.1. The number of nitrogens with one attached hydrogen (secondary N) is 1. The van der Waals surface area contributed by atoms with Crippen molar-refractivity contribution in [2.45, 2.75) is 26.0 Å². The summed E-state index contributed by atoms with van der Waals surface area (Å²) in [5.41, 5.74) is 9.35. The Hall–Kier alpha value is -1.91. The zero-order valence-corrected chi connectivity index (χ0v) is 12.8. The summed E-state index contributed by atoms with van der Waals surface area (Å²) in [5, 5.41) is 3.34. The smallest absolute Gasteiger partial charge is 0.128 e. The van der Waals surface area contributed by atoms with Gasteiger partial charge in [0.05, 0.1) is 6.04 Å². The fraction of sp³-hybridized carbons (Fsp3) is 0.353. The van der Waals surface area contributed by atoms with E-state index in [0.717, 1.165) is 16.7 Å². The van der Waals surface area contributed by atoms with Crippen LogP contribution >= 0.6 is 0 Å². The molecule has 21 heavy (non-hydrogen) atoms. The highest BCUT2D eigenvalue weighted by Gasteiger charge is 2.27. The second-order valence-electron chi connectivity index (χ2n) is 4.98. The molecule has 0 amide bonds. The van der Waals surface area contributed by atoms with Crippen LogP contribution in [0.25, 0.3) is 0 Å². The van der Waals surface area contributed by atoms with Gasteiger partial charge in [-0.1, -0.05) is 30.3 Å². The predicted octanol–water partition coefficient (Wildman–Crippen LogP) is 3.01. The first-order valence-electron chi connectivity index (χ1n) is 7.23. The van der Waals surface area contributed by atoms with Crippen LogP contribution in [0, 0.1) is 6.92 Å². The van der Waals surface area contributed by atoms with Gasteiger partial charge in [0.25, 0.3) is 0 Å². The first kappa shape index (κ1) is 15.5. The molecule has 112 valence electrons. The molecule has 0 saturated heterocycles. The molecule has 0 aliphatic carbocycles. The van der Waals surface area contributed by atoms with Gasteiger partial charge in [0.2, 0.25) is 0 Å². The minimum atomic E-state index is -0.105. The van der Waals surface area contributed by atoms with Gasteiger partial charge in [-0.05, 0) is 38.1 Å². The van der Waals surface area contributed by atoms with E-state index in [2.05, 4.69) is 22.4 Å². The summed E-state index contributed by atoms with van der Waals surface area (Å²) >= 11 is 0. The highest BCUT2D eigenvalue weighted by Crippen LogP contribution is 2.35. The molecule has 1 aromatic heterocycles. The van der Waals surface area contributed by atoms with Crippen molar-refractivity contribution in [2.75, 3.05) is 19.4 Å². The Bertz CT molecular complexity index is 551. The predicted molar refractivity (Wildman–Crippen MR) is 86.0 cm³/mol. The fourth-order valence-electron chi connectivity index (χ4n) is 2.65. The molecule has 2 aromatic rings. The van der Waals surface area contributed by atoms with E-state index in [-0.39, 0.29) is 12.1 Å². The number of hydrogen-bond acceptors (Lipinski definition) is 4. The van der Waals surface area contributed by atoms with E-state index in [1.54, 1.807) is 6.20 Å². The Morgan fingerprint density at radius 3 is 2.52 bits per heavy atom. The molecule has 2 rings (SSSR count). The average Bonchev–Trinajstić information content (AvgIpc) is 2.50. The number of pyridine rings is 1. The van der Waals surface area contributed by atoms with Crippen molar-refractivity contribution in [2.24, 2.45) is 0 Å². The van der Waals surface area contributed by atoms with Crippen LogP contribution in [-0.2, 0) is 4.74 Å². The fourth-order valence-corrected chi connectivity index (χ4v) is 2.65. The van der Waals surface area contributed by atoms with Crippen LogP contribution in [0.1, 0.15) is 35.8 Å². The quantitative estimate of drug-likeness (QED) is 0.856. The van der Waals surface area contributed by atoms with Crippen LogP contribution in [0.4, 0.5) is 5.82 Å². The van der Waals surface area contributed by atoms with Crippen molar-refractivity contribution in [3.63, 3.8) is 0 Å². The van der Waals surface area contributed by atoms with Gasteiger partial charge in [0.1, 0.15) is 11.9 Å². The van der Waals surface area contributed by atoms with E-state index < -0.39 is 0 Å². The first-order chi connectivity index (χ1) is 10.2. The summed E-state index contributed by atoms with van der Waals surface area (Å²) in [4.78, 5) is 4.23. The molecule has 0 radical (unpaired) electrons. The van der Waals surface area contributed by atoms with Crippen LogP contribution in [0.15, 0.2) is 42.6 Å². The molecule has 3 N–H and O–H groups in total. The normalized spacial score (nSPS) is 13.9. The maximum absolute atomic E-state index is 6.10. The van der Waals surface area contributed by atoms with Gasteiger partial charge in [-0.15, -0.1) is 0 Å². The maximum Gasteiger partial charge on any atom is 0.128 e. The Morgan fingerprint density at radius 1 is 1.24 bits per heavy atom. The van der Waals surface area contributed by atoms with Crippen molar-refractivity contribution in [3.8, 4) is 0 Å². The van der Waals surface area contributed by atoms with Crippen LogP contribution in [-0.4, -0.2) is 18.6 Å². The lowest BCUT2D eigenvalue weighted by atomic mass is 9.93. The largest absolute Gasteiger partial charge is 0.383 e. The lowest BCUT2D eigenvalue weighted by Gasteiger charge is -2.29. The molecule has 4 nitrogen and oxygen atoms in total. The second kappa shape index (κ2) is 7.20. The van der Waals surface area contributed by atoms with Gasteiger partial charge in [0, 0.05) is 18.4 Å². The van der Waals surface area contributed by atoms with E-state index in [4.69, 9.17) is 10.5 Å². The van der Waals surface area contributed by atoms with Crippen molar-refractivity contribution in [1.29, 1.82) is 0 Å². The minimum Gasteiger partial charge on any atom is -0.383 e. The minimum absolute atomic E-state index is 0.0407. The SMILES string of the molecule is CCOC(c1ccccc1)C(NC)c1c(C)ccnc1N. The zero-order chi connectivity index (χ0) is 15.2. The number of nitrogens with two attached hydrogens (primary N) is 1. The molecular formula is C17H23N3O. The van der Waals surface area contributed by atoms with Crippen LogP contribution < -0.4 is 11.1 Å². The summed E-state index contributed by atoms with van der Waals surface area (Å²) < 4.78 is 6.00. The van der Waals surface area contributed by atoms with E-state index in [1.807, 2.05) is 45.2 Å². The van der Waals surface area contributed by atoms with Gasteiger partial charge < -0.3 is 15.8 Å². The van der Waals surface area contributed by atoms with Crippen molar-refractivity contribution in [3.05, 3.63) is 59.3 Å². The van der Waals surface area contributed by atoms with E-state index in [0.29, 0.717) is 12.4 Å². The summed E-state index contributed by atoms with van der Waals surface area (Å²) in [6.07, 6.45) is 1.63. The molecule has 2 unspecified atom stereocenters. The zero-order valence-electron chi connectivity index (χ0n) is 12.8. The monoisotopic (exact) mass is 285 g/mol. The number of anilines is 1. The number of nitrogen functional groups attached to an aromatic ring is 1. The Labute approximate surface area is 126 Å². The highest BCUT2D eigenvalue weighted by atomic mass is 16.5. The summed E-state index contributed by atoms with van der Waals surface area (Å²) in [7, 11) is 1.92. The second-order valence-corrected chi connectivity index (χ2v) is 4.98. The topological polar surface area (TPSA) is 60.2 Å². The molecule has 1 aromatic carbocycles. The van der Waals surface area contributed by atoms with Gasteiger partial charge in [0.15, 0.2) is 0 Å². The van der Waals surface area contributed by atoms with Crippen molar-refractivity contribution >= 4 is 5.82 Å². The number of nitrogens with zero attached hydrogens (tertiary/aromatic N) is 1. The molecule has 2 atom stereocenters. The number of benzene rings is 1. The van der Waals surface area contributed by atoms with Gasteiger partial charge >= 0.3 is 0 Å². The Morgan fingerprint density at radius 2 is 1.95 bits per heavy atom. The standard InChI is InChI=1S/C17H23N3O/c1-4-21-16(13-8-6-5-7-9-13)15(19-3)14-12(2)10-11-20-17(14)18/h5-11,15-16,19H,4H2,1-3H3,(H2,18,20). The molecule has 1 heterocycles. The van der Waals surface area contributed by atoms with Gasteiger partial charge in [-0.25, -0.2) is 4.98 Å². The number of rotatable bonds is 6. The number of ether oxygens (including phenoxy) is 1. The van der Waals surface area contributed by atoms with Gasteiger partial charge in [-0.2, -0.15) is 0 Å². The highest BCUT2D eigenvalue weighted by molar-refractivity contribution is 5.47. The third-order valence-corrected chi connectivity index (χ3v) is 3.64. The molecule has 0 aliphatic rings. The number of aromatic nitrogens is 1. The van der Waals surface area contributed by atoms with Crippen molar-refractivity contribution < 1.29 is 4.74 Å². The van der Waals surface area contributed by atoms with Crippen LogP contribution in [0.5, 0.6) is 0 Å².